The van der Waals surface area contributed by atoms with E-state index in [0.29, 0.717) is 6.04 Å². The van der Waals surface area contributed by atoms with Gasteiger partial charge in [0.1, 0.15) is 0 Å². The van der Waals surface area contributed by atoms with Gasteiger partial charge >= 0.3 is 0 Å². The van der Waals surface area contributed by atoms with Crippen molar-refractivity contribution in [2.45, 2.75) is 58.0 Å². The zero-order chi connectivity index (χ0) is 10.6. The molecule has 14 heavy (non-hydrogen) atoms. The maximum absolute atomic E-state index is 5.79. The Morgan fingerprint density at radius 2 is 2.00 bits per heavy atom. The number of hydrogen-bond donors (Lipinski definition) is 1. The van der Waals surface area contributed by atoms with Crippen LogP contribution in [0.25, 0.3) is 0 Å². The van der Waals surface area contributed by atoms with Gasteiger partial charge in [0.2, 0.25) is 0 Å². The molecule has 84 valence electrons. The molecule has 2 nitrogen and oxygen atoms in total. The summed E-state index contributed by atoms with van der Waals surface area (Å²) in [5, 5.41) is 0. The van der Waals surface area contributed by atoms with Gasteiger partial charge in [-0.05, 0) is 32.2 Å². The highest BCUT2D eigenvalue weighted by Crippen LogP contribution is 2.28. The summed E-state index contributed by atoms with van der Waals surface area (Å²) in [6, 6.07) is 1.36. The molecule has 1 rings (SSSR count). The van der Waals surface area contributed by atoms with Crippen LogP contribution in [0.2, 0.25) is 0 Å². The van der Waals surface area contributed by atoms with Crippen molar-refractivity contribution in [2.75, 3.05) is 13.6 Å². The van der Waals surface area contributed by atoms with Crippen molar-refractivity contribution in [1.29, 1.82) is 0 Å². The maximum Gasteiger partial charge on any atom is 0.0215 e. The molecule has 0 amide bonds. The topological polar surface area (TPSA) is 29.3 Å². The fourth-order valence-corrected chi connectivity index (χ4v) is 2.79. The van der Waals surface area contributed by atoms with Crippen molar-refractivity contribution >= 4 is 0 Å². The third-order valence-corrected chi connectivity index (χ3v) is 3.91. The van der Waals surface area contributed by atoms with Gasteiger partial charge in [0.25, 0.3) is 0 Å². The fourth-order valence-electron chi connectivity index (χ4n) is 2.79. The van der Waals surface area contributed by atoms with Crippen molar-refractivity contribution < 1.29 is 0 Å². The molecule has 0 spiro atoms. The molecule has 0 radical (unpaired) electrons. The molecule has 0 aromatic carbocycles. The quantitative estimate of drug-likeness (QED) is 0.750. The van der Waals surface area contributed by atoms with Crippen molar-refractivity contribution in [3.05, 3.63) is 0 Å². The second-order valence-corrected chi connectivity index (χ2v) is 4.79. The molecule has 0 aromatic rings. The molecule has 1 aliphatic carbocycles. The summed E-state index contributed by atoms with van der Waals surface area (Å²) < 4.78 is 0. The molecule has 1 aliphatic rings. The normalized spacial score (nSPS) is 30.6. The highest BCUT2D eigenvalue weighted by Gasteiger charge is 2.27. The van der Waals surface area contributed by atoms with E-state index in [0.717, 1.165) is 18.5 Å². The van der Waals surface area contributed by atoms with E-state index >= 15 is 0 Å². The zero-order valence-corrected chi connectivity index (χ0v) is 10.00. The summed E-state index contributed by atoms with van der Waals surface area (Å²) in [6.45, 7) is 5.43. The molecule has 3 atom stereocenters. The van der Waals surface area contributed by atoms with Crippen LogP contribution >= 0.6 is 0 Å². The summed E-state index contributed by atoms with van der Waals surface area (Å²) in [6.07, 6.45) is 6.77. The van der Waals surface area contributed by atoms with Gasteiger partial charge in [-0.2, -0.15) is 0 Å². The minimum Gasteiger partial charge on any atom is -0.329 e. The molecule has 3 unspecified atom stereocenters. The largest absolute Gasteiger partial charge is 0.329 e. The van der Waals surface area contributed by atoms with Crippen LogP contribution in [0.15, 0.2) is 0 Å². The first kappa shape index (κ1) is 12.0. The van der Waals surface area contributed by atoms with Crippen LogP contribution in [-0.4, -0.2) is 30.6 Å². The number of nitrogens with two attached hydrogens (primary N) is 1. The van der Waals surface area contributed by atoms with Gasteiger partial charge in [0.15, 0.2) is 0 Å². The minimum atomic E-state index is 0.584. The fraction of sp³-hybridized carbons (Fsp3) is 1.00. The standard InChI is InChI=1S/C12H26N2/c1-4-11(9-13)14(3)12-8-6-5-7-10(12)2/h10-12H,4-9,13H2,1-3H3. The van der Waals surface area contributed by atoms with Gasteiger partial charge in [0.05, 0.1) is 0 Å². The molecule has 0 saturated heterocycles. The average molecular weight is 198 g/mol. The first-order chi connectivity index (χ1) is 6.70. The van der Waals surface area contributed by atoms with Gasteiger partial charge in [-0.3, -0.25) is 4.90 Å². The maximum atomic E-state index is 5.79. The Hall–Kier alpha value is -0.0800. The van der Waals surface area contributed by atoms with Crippen molar-refractivity contribution in [3.63, 3.8) is 0 Å². The Kier molecular flexibility index (Phi) is 4.90. The van der Waals surface area contributed by atoms with E-state index in [1.54, 1.807) is 0 Å². The molecular formula is C12H26N2. The van der Waals surface area contributed by atoms with E-state index < -0.39 is 0 Å². The van der Waals surface area contributed by atoms with Crippen LogP contribution in [0.4, 0.5) is 0 Å². The summed E-state index contributed by atoms with van der Waals surface area (Å²) >= 11 is 0. The Morgan fingerprint density at radius 1 is 1.36 bits per heavy atom. The molecule has 2 heteroatoms. The van der Waals surface area contributed by atoms with Gasteiger partial charge in [-0.15, -0.1) is 0 Å². The molecule has 1 saturated carbocycles. The highest BCUT2D eigenvalue weighted by atomic mass is 15.2. The van der Waals surface area contributed by atoms with Gasteiger partial charge < -0.3 is 5.73 Å². The predicted octanol–water partition coefficient (Wildman–Crippen LogP) is 2.23. The Bertz CT molecular complexity index is 154. The number of rotatable bonds is 4. The summed E-state index contributed by atoms with van der Waals surface area (Å²) in [7, 11) is 2.26. The van der Waals surface area contributed by atoms with E-state index in [9.17, 15) is 0 Å². The summed E-state index contributed by atoms with van der Waals surface area (Å²) in [4.78, 5) is 2.53. The van der Waals surface area contributed by atoms with Crippen molar-refractivity contribution in [1.82, 2.24) is 4.90 Å². The van der Waals surface area contributed by atoms with Gasteiger partial charge in [0, 0.05) is 18.6 Å². The smallest absolute Gasteiger partial charge is 0.0215 e. The average Bonchev–Trinajstić information content (AvgIpc) is 2.20. The summed E-state index contributed by atoms with van der Waals surface area (Å²) in [5.41, 5.74) is 5.79. The lowest BCUT2D eigenvalue weighted by Gasteiger charge is -2.40. The van der Waals surface area contributed by atoms with Crippen LogP contribution in [0.1, 0.15) is 46.0 Å². The van der Waals surface area contributed by atoms with Crippen molar-refractivity contribution in [3.8, 4) is 0 Å². The lowest BCUT2D eigenvalue weighted by molar-refractivity contribution is 0.0973. The van der Waals surface area contributed by atoms with E-state index in [2.05, 4.69) is 25.8 Å². The van der Waals surface area contributed by atoms with E-state index in [1.165, 1.54) is 32.1 Å². The second kappa shape index (κ2) is 5.72. The molecule has 0 heterocycles. The van der Waals surface area contributed by atoms with Gasteiger partial charge in [-0.25, -0.2) is 0 Å². The lowest BCUT2D eigenvalue weighted by atomic mass is 9.84. The molecule has 0 aromatic heterocycles. The number of likely N-dealkylation sites (N-methyl/N-ethyl adjacent to an activating group) is 1. The minimum absolute atomic E-state index is 0.584. The van der Waals surface area contributed by atoms with Crippen LogP contribution < -0.4 is 5.73 Å². The molecule has 1 fully saturated rings. The Balaban J connectivity index is 2.52. The predicted molar refractivity (Wildman–Crippen MR) is 62.3 cm³/mol. The molecule has 0 aliphatic heterocycles. The summed E-state index contributed by atoms with van der Waals surface area (Å²) in [5.74, 6) is 0.856. The van der Waals surface area contributed by atoms with Gasteiger partial charge in [-0.1, -0.05) is 26.7 Å². The lowest BCUT2D eigenvalue weighted by Crippen LogP contribution is -2.47. The molecule has 2 N–H and O–H groups in total. The number of hydrogen-bond acceptors (Lipinski definition) is 2. The monoisotopic (exact) mass is 198 g/mol. The van der Waals surface area contributed by atoms with E-state index in [4.69, 9.17) is 5.73 Å². The first-order valence-corrected chi connectivity index (χ1v) is 6.12. The Labute approximate surface area is 88.8 Å². The van der Waals surface area contributed by atoms with Crippen LogP contribution in [-0.2, 0) is 0 Å². The third-order valence-electron chi connectivity index (χ3n) is 3.91. The van der Waals surface area contributed by atoms with Crippen molar-refractivity contribution in [2.24, 2.45) is 11.7 Å². The van der Waals surface area contributed by atoms with E-state index in [-0.39, 0.29) is 0 Å². The van der Waals surface area contributed by atoms with E-state index in [1.807, 2.05) is 0 Å². The van der Waals surface area contributed by atoms with Crippen LogP contribution in [0.5, 0.6) is 0 Å². The highest BCUT2D eigenvalue weighted by molar-refractivity contribution is 4.83. The third kappa shape index (κ3) is 2.71. The zero-order valence-electron chi connectivity index (χ0n) is 10.00. The van der Waals surface area contributed by atoms with Crippen LogP contribution in [0.3, 0.4) is 0 Å². The molecular weight excluding hydrogens is 172 g/mol. The Morgan fingerprint density at radius 3 is 2.50 bits per heavy atom. The first-order valence-electron chi connectivity index (χ1n) is 6.12. The number of nitrogens with zero attached hydrogens (tertiary/aromatic N) is 1. The molecule has 0 bridgehead atoms. The van der Waals surface area contributed by atoms with Crippen LogP contribution in [0, 0.1) is 5.92 Å². The second-order valence-electron chi connectivity index (χ2n) is 4.79. The SMILES string of the molecule is CCC(CN)N(C)C1CCCCC1C.